The van der Waals surface area contributed by atoms with Crippen LogP contribution in [0.4, 0.5) is 0 Å². The number of hydrogen-bond acceptors (Lipinski definition) is 4. The monoisotopic (exact) mass is 248 g/mol. The highest BCUT2D eigenvalue weighted by molar-refractivity contribution is 6.30. The third kappa shape index (κ3) is 3.19. The minimum Gasteiger partial charge on any atom is -0.507 e. The topological polar surface area (TPSA) is 58.1 Å². The van der Waals surface area contributed by atoms with Gasteiger partial charge in [-0.1, -0.05) is 11.6 Å². The summed E-state index contributed by atoms with van der Waals surface area (Å²) in [4.78, 5) is 0. The fourth-order valence-electron chi connectivity index (χ4n) is 1.18. The van der Waals surface area contributed by atoms with Gasteiger partial charge in [0.25, 0.3) is 0 Å². The normalized spacial score (nSPS) is 11.6. The van der Waals surface area contributed by atoms with Gasteiger partial charge in [-0.05, 0) is 30.3 Å². The van der Waals surface area contributed by atoms with E-state index in [1.165, 1.54) is 18.5 Å². The van der Waals surface area contributed by atoms with Crippen LogP contribution in [0.1, 0.15) is 11.3 Å². The zero-order chi connectivity index (χ0) is 12.1. The standard InChI is InChI=1S/C12H9ClN2O2/c13-10-3-4-12(16)9(6-10)7-14-15-8-11-2-1-5-17-11/h1-8,16H/b14-7-,15-8+. The Morgan fingerprint density at radius 3 is 2.76 bits per heavy atom. The van der Waals surface area contributed by atoms with Crippen LogP contribution in [0.2, 0.25) is 5.02 Å². The molecule has 0 saturated heterocycles. The molecule has 2 rings (SSSR count). The zero-order valence-corrected chi connectivity index (χ0v) is 9.50. The molecule has 5 heteroatoms. The number of halogens is 1. The highest BCUT2D eigenvalue weighted by Crippen LogP contribution is 2.19. The smallest absolute Gasteiger partial charge is 0.146 e. The van der Waals surface area contributed by atoms with Crippen LogP contribution < -0.4 is 0 Å². The first kappa shape index (κ1) is 11.4. The SMILES string of the molecule is Oc1ccc(Cl)cc1/C=N\N=C\c1ccco1. The number of rotatable bonds is 3. The number of phenolic OH excluding ortho intramolecular Hbond substituents is 1. The van der Waals surface area contributed by atoms with E-state index < -0.39 is 0 Å². The van der Waals surface area contributed by atoms with E-state index in [4.69, 9.17) is 16.0 Å². The van der Waals surface area contributed by atoms with E-state index in [2.05, 4.69) is 10.2 Å². The summed E-state index contributed by atoms with van der Waals surface area (Å²) in [5.41, 5.74) is 0.508. The highest BCUT2D eigenvalue weighted by atomic mass is 35.5. The summed E-state index contributed by atoms with van der Waals surface area (Å²) in [5, 5.41) is 17.6. The molecule has 0 fully saturated rings. The van der Waals surface area contributed by atoms with Crippen LogP contribution in [0.5, 0.6) is 5.75 Å². The summed E-state index contributed by atoms with van der Waals surface area (Å²) >= 11 is 5.78. The second-order valence-electron chi connectivity index (χ2n) is 3.21. The van der Waals surface area contributed by atoms with Gasteiger partial charge in [-0.15, -0.1) is 0 Å². The third-order valence-electron chi connectivity index (χ3n) is 1.98. The molecule has 0 aliphatic rings. The van der Waals surface area contributed by atoms with Crippen LogP contribution in [-0.2, 0) is 0 Å². The van der Waals surface area contributed by atoms with E-state index in [1.54, 1.807) is 30.5 Å². The maximum Gasteiger partial charge on any atom is 0.146 e. The van der Waals surface area contributed by atoms with Gasteiger partial charge in [-0.2, -0.15) is 10.2 Å². The second-order valence-corrected chi connectivity index (χ2v) is 3.64. The lowest BCUT2D eigenvalue weighted by Crippen LogP contribution is -1.82. The number of furan rings is 1. The highest BCUT2D eigenvalue weighted by Gasteiger charge is 1.98. The van der Waals surface area contributed by atoms with Gasteiger partial charge in [-0.3, -0.25) is 0 Å². The van der Waals surface area contributed by atoms with Crippen molar-refractivity contribution in [2.24, 2.45) is 10.2 Å². The Morgan fingerprint density at radius 2 is 2.00 bits per heavy atom. The van der Waals surface area contributed by atoms with E-state index in [0.717, 1.165) is 0 Å². The number of benzene rings is 1. The van der Waals surface area contributed by atoms with Crippen LogP contribution in [-0.4, -0.2) is 17.5 Å². The average Bonchev–Trinajstić information content (AvgIpc) is 2.82. The molecule has 1 aromatic carbocycles. The summed E-state index contributed by atoms with van der Waals surface area (Å²) in [7, 11) is 0. The van der Waals surface area contributed by atoms with Gasteiger partial charge in [0.2, 0.25) is 0 Å². The van der Waals surface area contributed by atoms with Crippen LogP contribution in [0.25, 0.3) is 0 Å². The molecule has 0 aliphatic heterocycles. The van der Waals surface area contributed by atoms with Crippen LogP contribution >= 0.6 is 11.6 Å². The Hall–Kier alpha value is -2.07. The molecular formula is C12H9ClN2O2. The largest absolute Gasteiger partial charge is 0.507 e. The molecule has 1 N–H and O–H groups in total. The van der Waals surface area contributed by atoms with Gasteiger partial charge < -0.3 is 9.52 Å². The number of hydrogen-bond donors (Lipinski definition) is 1. The van der Waals surface area contributed by atoms with Gasteiger partial charge >= 0.3 is 0 Å². The number of phenols is 1. The van der Waals surface area contributed by atoms with E-state index in [1.807, 2.05) is 0 Å². The van der Waals surface area contributed by atoms with Crippen molar-refractivity contribution in [3.63, 3.8) is 0 Å². The fraction of sp³-hybridized carbons (Fsp3) is 0. The Bertz CT molecular complexity index is 548. The fourth-order valence-corrected chi connectivity index (χ4v) is 1.36. The van der Waals surface area contributed by atoms with Crippen molar-refractivity contribution in [1.29, 1.82) is 0 Å². The predicted molar refractivity (Wildman–Crippen MR) is 67.0 cm³/mol. The maximum absolute atomic E-state index is 9.50. The molecule has 1 aromatic heterocycles. The lowest BCUT2D eigenvalue weighted by molar-refractivity contribution is 0.474. The molecule has 0 bridgehead atoms. The summed E-state index contributed by atoms with van der Waals surface area (Å²) < 4.78 is 5.03. The van der Waals surface area contributed by atoms with E-state index in [9.17, 15) is 5.11 Å². The number of aromatic hydroxyl groups is 1. The summed E-state index contributed by atoms with van der Waals surface area (Å²) in [6.07, 6.45) is 4.44. The molecule has 17 heavy (non-hydrogen) atoms. The molecule has 86 valence electrons. The molecule has 1 heterocycles. The minimum atomic E-state index is 0.103. The quantitative estimate of drug-likeness (QED) is 0.670. The van der Waals surface area contributed by atoms with Crippen molar-refractivity contribution in [2.75, 3.05) is 0 Å². The molecule has 0 saturated carbocycles. The first-order chi connectivity index (χ1) is 8.25. The average molecular weight is 249 g/mol. The van der Waals surface area contributed by atoms with E-state index in [-0.39, 0.29) is 5.75 Å². The van der Waals surface area contributed by atoms with Gasteiger partial charge in [0.1, 0.15) is 11.5 Å². The Kier molecular flexibility index (Phi) is 3.57. The first-order valence-corrected chi connectivity index (χ1v) is 5.22. The van der Waals surface area contributed by atoms with Gasteiger partial charge in [-0.25, -0.2) is 0 Å². The summed E-state index contributed by atoms with van der Waals surface area (Å²) in [6.45, 7) is 0. The van der Waals surface area contributed by atoms with E-state index >= 15 is 0 Å². The molecule has 4 nitrogen and oxygen atoms in total. The summed E-state index contributed by atoms with van der Waals surface area (Å²) in [6, 6.07) is 8.22. The van der Waals surface area contributed by atoms with Crippen molar-refractivity contribution in [2.45, 2.75) is 0 Å². The van der Waals surface area contributed by atoms with Crippen molar-refractivity contribution >= 4 is 24.0 Å². The van der Waals surface area contributed by atoms with E-state index in [0.29, 0.717) is 16.3 Å². The Balaban J connectivity index is 2.08. The molecular weight excluding hydrogens is 240 g/mol. The summed E-state index contributed by atoms with van der Waals surface area (Å²) in [5.74, 6) is 0.712. The van der Waals surface area contributed by atoms with Crippen molar-refractivity contribution in [3.05, 3.63) is 52.9 Å². The Morgan fingerprint density at radius 1 is 1.18 bits per heavy atom. The maximum atomic E-state index is 9.50. The second kappa shape index (κ2) is 5.32. The van der Waals surface area contributed by atoms with Crippen LogP contribution in [0.15, 0.2) is 51.2 Å². The van der Waals surface area contributed by atoms with Crippen LogP contribution in [0.3, 0.4) is 0 Å². The van der Waals surface area contributed by atoms with Gasteiger partial charge in [0, 0.05) is 10.6 Å². The lowest BCUT2D eigenvalue weighted by atomic mass is 10.2. The Labute approximate surface area is 103 Å². The molecule has 0 atom stereocenters. The van der Waals surface area contributed by atoms with Crippen molar-refractivity contribution < 1.29 is 9.52 Å². The van der Waals surface area contributed by atoms with Crippen molar-refractivity contribution in [3.8, 4) is 5.75 Å². The molecule has 2 aromatic rings. The number of nitrogens with zero attached hydrogens (tertiary/aromatic N) is 2. The molecule has 0 radical (unpaired) electrons. The zero-order valence-electron chi connectivity index (χ0n) is 8.75. The lowest BCUT2D eigenvalue weighted by Gasteiger charge is -1.97. The molecule has 0 aliphatic carbocycles. The van der Waals surface area contributed by atoms with Crippen molar-refractivity contribution in [1.82, 2.24) is 0 Å². The van der Waals surface area contributed by atoms with Gasteiger partial charge in [0.05, 0.1) is 18.7 Å². The van der Waals surface area contributed by atoms with Gasteiger partial charge in [0.15, 0.2) is 0 Å². The third-order valence-corrected chi connectivity index (χ3v) is 2.22. The molecule has 0 spiro atoms. The predicted octanol–water partition coefficient (Wildman–Crippen LogP) is 3.09. The van der Waals surface area contributed by atoms with Crippen LogP contribution in [0, 0.1) is 0 Å². The minimum absolute atomic E-state index is 0.103. The first-order valence-electron chi connectivity index (χ1n) is 4.84. The molecule has 0 amide bonds. The molecule has 0 unspecified atom stereocenters.